The third kappa shape index (κ3) is 12.7. The lowest BCUT2D eigenvalue weighted by Crippen LogP contribution is -2.46. The number of nitrogens with one attached hydrogen (secondary N) is 3. The van der Waals surface area contributed by atoms with Gasteiger partial charge in [-0.1, -0.05) is 29.9 Å². The Morgan fingerprint density at radius 3 is 2.00 bits per heavy atom. The van der Waals surface area contributed by atoms with Gasteiger partial charge in [0.2, 0.25) is 17.7 Å². The molecule has 3 amide bonds. The molecule has 0 saturated heterocycles. The fourth-order valence-corrected chi connectivity index (χ4v) is 3.73. The highest BCUT2D eigenvalue weighted by molar-refractivity contribution is 8.19. The minimum atomic E-state index is -4.76. The number of phosphoric ester groups is 1. The van der Waals surface area contributed by atoms with Gasteiger partial charge in [-0.2, -0.15) is 0 Å². The molecule has 8 N–H and O–H groups in total. The Bertz CT molecular complexity index is 937. The first kappa shape index (κ1) is 31.9. The van der Waals surface area contributed by atoms with Crippen LogP contribution >= 0.6 is 18.8 Å². The highest BCUT2D eigenvalue weighted by atomic mass is 32.3. The number of amides is 3. The number of halogens is 1. The predicted molar refractivity (Wildman–Crippen MR) is 128 cm³/mol. The maximum absolute atomic E-state index is 13.1. The molecular formula is C20H33FN3O10PS. The van der Waals surface area contributed by atoms with Crippen LogP contribution in [0, 0.1) is 5.41 Å². The van der Waals surface area contributed by atoms with Gasteiger partial charge in [-0.05, 0) is 35.1 Å². The number of hydrogen-bond acceptors (Lipinski definition) is 8. The first-order chi connectivity index (χ1) is 16.5. The van der Waals surface area contributed by atoms with Crippen molar-refractivity contribution in [3.8, 4) is 0 Å². The van der Waals surface area contributed by atoms with Crippen LogP contribution in [0.4, 0.5) is 3.89 Å². The van der Waals surface area contributed by atoms with E-state index in [9.17, 15) is 27.9 Å². The van der Waals surface area contributed by atoms with Crippen molar-refractivity contribution in [2.75, 3.05) is 26.2 Å². The molecule has 0 aliphatic rings. The molecule has 0 spiro atoms. The van der Waals surface area contributed by atoms with E-state index in [1.807, 2.05) is 0 Å². The molecule has 1 aromatic carbocycles. The third-order valence-electron chi connectivity index (χ3n) is 4.88. The number of carbonyl (C=O) groups is 3. The minimum Gasteiger partial charge on any atom is -0.383 e. The molecule has 0 aromatic heterocycles. The van der Waals surface area contributed by atoms with Crippen LogP contribution in [0.2, 0.25) is 0 Å². The lowest BCUT2D eigenvalue weighted by atomic mass is 9.87. The van der Waals surface area contributed by atoms with Crippen molar-refractivity contribution in [2.45, 2.75) is 44.1 Å². The zero-order valence-corrected chi connectivity index (χ0v) is 21.6. The second-order valence-electron chi connectivity index (χ2n) is 8.52. The fourth-order valence-electron chi connectivity index (χ4n) is 2.75. The van der Waals surface area contributed by atoms with E-state index in [1.165, 1.54) is 38.1 Å². The topological polar surface area (TPSA) is 215 Å². The van der Waals surface area contributed by atoms with Gasteiger partial charge in [-0.25, -0.2) is 4.57 Å². The van der Waals surface area contributed by atoms with Crippen molar-refractivity contribution in [1.29, 1.82) is 0 Å². The van der Waals surface area contributed by atoms with E-state index in [2.05, 4.69) is 20.5 Å². The Morgan fingerprint density at radius 2 is 1.50 bits per heavy atom. The van der Waals surface area contributed by atoms with Gasteiger partial charge < -0.3 is 30.8 Å². The second kappa shape index (κ2) is 14.0. The number of aliphatic hydroxyl groups excluding tert-OH is 1. The van der Waals surface area contributed by atoms with Crippen LogP contribution < -0.4 is 16.0 Å². The molecule has 0 saturated carbocycles. The molecular weight excluding hydrogens is 524 g/mol. The Kier molecular flexibility index (Phi) is 12.4. The average molecular weight is 558 g/mol. The summed E-state index contributed by atoms with van der Waals surface area (Å²) in [6.07, 6.45) is -1.33. The van der Waals surface area contributed by atoms with Gasteiger partial charge in [0.25, 0.3) is 0 Å². The van der Waals surface area contributed by atoms with Crippen molar-refractivity contribution in [3.63, 3.8) is 0 Å². The van der Waals surface area contributed by atoms with Crippen LogP contribution in [0.3, 0.4) is 0 Å². The number of carbonyl (C=O) groups excluding carboxylic acids is 3. The van der Waals surface area contributed by atoms with E-state index < -0.39 is 48.7 Å². The largest absolute Gasteiger partial charge is 0.469 e. The summed E-state index contributed by atoms with van der Waals surface area (Å²) in [5.74, 6) is -1.60. The molecule has 13 nitrogen and oxygen atoms in total. The highest BCUT2D eigenvalue weighted by Gasteiger charge is 2.35. The molecule has 1 rings (SSSR count). The predicted octanol–water partition coefficient (Wildman–Crippen LogP) is 0.848. The van der Waals surface area contributed by atoms with Crippen LogP contribution in [0.1, 0.15) is 32.3 Å². The summed E-state index contributed by atoms with van der Waals surface area (Å²) < 4.78 is 46.1. The smallest absolute Gasteiger partial charge is 0.383 e. The lowest BCUT2D eigenvalue weighted by Gasteiger charge is -2.29. The maximum Gasteiger partial charge on any atom is 0.469 e. The molecule has 0 heterocycles. The summed E-state index contributed by atoms with van der Waals surface area (Å²) in [6, 6.07) is 5.55. The van der Waals surface area contributed by atoms with Crippen LogP contribution in [0.5, 0.6) is 0 Å². The SMILES string of the molecule is CC(C)(COP(=O)(O)O)[C@@H](O)C(=O)NCCC(=O)NCCC(=O)NCCc1ccc(S(O)(O)F)cc1. The number of phosphoric acid groups is 1. The molecule has 0 aliphatic carbocycles. The molecule has 0 bridgehead atoms. The minimum absolute atomic E-state index is 0.00622. The Labute approximate surface area is 209 Å². The monoisotopic (exact) mass is 557 g/mol. The molecule has 16 heteroatoms. The lowest BCUT2D eigenvalue weighted by molar-refractivity contribution is -0.137. The van der Waals surface area contributed by atoms with E-state index in [0.717, 1.165) is 5.56 Å². The summed E-state index contributed by atoms with van der Waals surface area (Å²) in [4.78, 5) is 53.0. The van der Waals surface area contributed by atoms with E-state index >= 15 is 0 Å². The standard InChI is InChI=1S/C20H33FN3O10PS/c1-20(2,13-34-35(29,30)31)18(27)19(28)24-12-9-17(26)23-11-8-16(25)22-10-7-14-3-5-15(6-4-14)36(21,32)33/h3-6,18,27,32-33H,7-13H2,1-2H3,(H,22,25)(H,23,26)(H,24,28)(H2,29,30,31)/t18-/m0/s1. The van der Waals surface area contributed by atoms with E-state index in [-0.39, 0.29) is 43.3 Å². The molecule has 36 heavy (non-hydrogen) atoms. The second-order valence-corrected chi connectivity index (χ2v) is 11.2. The molecule has 0 radical (unpaired) electrons. The molecule has 1 atom stereocenters. The normalized spacial score (nSPS) is 13.6. The van der Waals surface area contributed by atoms with E-state index in [0.29, 0.717) is 6.42 Å². The summed E-state index contributed by atoms with van der Waals surface area (Å²) in [5.41, 5.74) is -0.550. The number of aliphatic hydroxyl groups is 1. The van der Waals surface area contributed by atoms with Crippen LogP contribution in [-0.2, 0) is 29.9 Å². The number of hydrogen-bond donors (Lipinski definition) is 8. The van der Waals surface area contributed by atoms with Crippen molar-refractivity contribution in [2.24, 2.45) is 5.41 Å². The maximum atomic E-state index is 13.1. The average Bonchev–Trinajstić information content (AvgIpc) is 2.76. The zero-order valence-electron chi connectivity index (χ0n) is 19.8. The van der Waals surface area contributed by atoms with Gasteiger partial charge in [0.15, 0.2) is 0 Å². The van der Waals surface area contributed by atoms with Crippen LogP contribution in [-0.4, -0.2) is 74.1 Å². The first-order valence-electron chi connectivity index (χ1n) is 10.8. The molecule has 0 fully saturated rings. The van der Waals surface area contributed by atoms with Crippen molar-refractivity contribution < 1.29 is 51.4 Å². The Hall–Kier alpha value is -2.10. The highest BCUT2D eigenvalue weighted by Crippen LogP contribution is 2.49. The van der Waals surface area contributed by atoms with Gasteiger partial charge in [-0.15, -0.1) is 0 Å². The van der Waals surface area contributed by atoms with Gasteiger partial charge in [0.1, 0.15) is 6.10 Å². The van der Waals surface area contributed by atoms with E-state index in [1.54, 1.807) is 0 Å². The van der Waals surface area contributed by atoms with Crippen molar-refractivity contribution in [3.05, 3.63) is 29.8 Å². The number of benzene rings is 1. The van der Waals surface area contributed by atoms with Crippen molar-refractivity contribution >= 4 is 36.5 Å². The summed E-state index contributed by atoms with van der Waals surface area (Å²) in [6.45, 7) is 2.40. The van der Waals surface area contributed by atoms with Crippen LogP contribution in [0.25, 0.3) is 0 Å². The first-order valence-corrected chi connectivity index (χ1v) is 13.7. The Balaban J connectivity index is 2.22. The third-order valence-corrected chi connectivity index (χ3v) is 6.22. The molecule has 0 aliphatic heterocycles. The fraction of sp³-hybridized carbons (Fsp3) is 0.550. The van der Waals surface area contributed by atoms with Gasteiger partial charge >= 0.3 is 7.82 Å². The summed E-state index contributed by atoms with van der Waals surface area (Å²) in [5, 5.41) is 17.6. The summed E-state index contributed by atoms with van der Waals surface area (Å²) >= 11 is 0. The molecule has 0 unspecified atom stereocenters. The quantitative estimate of drug-likeness (QED) is 0.142. The zero-order chi connectivity index (χ0) is 27.6. The summed E-state index contributed by atoms with van der Waals surface area (Å²) in [7, 11) is -9.02. The molecule has 1 aromatic rings. The van der Waals surface area contributed by atoms with Gasteiger partial charge in [0, 0.05) is 37.9 Å². The van der Waals surface area contributed by atoms with Gasteiger partial charge in [-0.3, -0.25) is 28.0 Å². The van der Waals surface area contributed by atoms with Gasteiger partial charge in [0.05, 0.1) is 11.5 Å². The van der Waals surface area contributed by atoms with Crippen LogP contribution in [0.15, 0.2) is 29.2 Å². The Morgan fingerprint density at radius 1 is 1.00 bits per heavy atom. The molecule has 206 valence electrons. The van der Waals surface area contributed by atoms with Crippen molar-refractivity contribution in [1.82, 2.24) is 16.0 Å². The number of rotatable bonds is 15. The van der Waals surface area contributed by atoms with E-state index in [4.69, 9.17) is 18.9 Å².